The second-order valence-corrected chi connectivity index (χ2v) is 3.75. The Morgan fingerprint density at radius 2 is 1.94 bits per heavy atom. The van der Waals surface area contributed by atoms with Crippen LogP contribution in [0, 0.1) is 0 Å². The van der Waals surface area contributed by atoms with Gasteiger partial charge >= 0.3 is 0 Å². The molecule has 0 fully saturated rings. The molecular weight excluding hydrogens is 220 g/mol. The molecule has 0 bridgehead atoms. The van der Waals surface area contributed by atoms with Gasteiger partial charge in [-0.25, -0.2) is 0 Å². The highest BCUT2D eigenvalue weighted by Crippen LogP contribution is 2.12. The monoisotopic (exact) mass is 244 g/mol. The maximum atomic E-state index is 5.38. The molecule has 0 heterocycles. The summed E-state index contributed by atoms with van der Waals surface area (Å²) in [5.41, 5.74) is 13.5. The highest BCUT2D eigenvalue weighted by atomic mass is 14.5. The molecule has 18 heavy (non-hydrogen) atoms. The molecule has 98 valence electrons. The minimum Gasteiger partial charge on any atom is -0.404 e. The Hall–Kier alpha value is -1.80. The topological polar surface area (TPSA) is 52.0 Å². The van der Waals surface area contributed by atoms with E-state index >= 15 is 0 Å². The first-order valence-electron chi connectivity index (χ1n) is 6.11. The van der Waals surface area contributed by atoms with Gasteiger partial charge in [0.2, 0.25) is 0 Å². The van der Waals surface area contributed by atoms with Gasteiger partial charge in [-0.2, -0.15) is 0 Å². The van der Waals surface area contributed by atoms with Crippen molar-refractivity contribution in [3.63, 3.8) is 0 Å². The molecule has 0 saturated carbocycles. The number of benzene rings is 1. The van der Waals surface area contributed by atoms with Crippen LogP contribution in [0.15, 0.2) is 54.8 Å². The smallest absolute Gasteiger partial charge is 0.00327 e. The molecule has 4 N–H and O–H groups in total. The number of hydrogen-bond acceptors (Lipinski definition) is 2. The second kappa shape index (κ2) is 10.4. The number of allylic oxidation sites excluding steroid dienone is 3. The summed E-state index contributed by atoms with van der Waals surface area (Å²) < 4.78 is 0. The molecule has 0 atom stereocenters. The Labute approximate surface area is 111 Å². The molecule has 1 rings (SSSR count). The number of rotatable bonds is 5. The van der Waals surface area contributed by atoms with Crippen LogP contribution in [0.25, 0.3) is 6.08 Å². The van der Waals surface area contributed by atoms with Crippen molar-refractivity contribution in [2.24, 2.45) is 11.5 Å². The van der Waals surface area contributed by atoms with E-state index in [0.717, 1.165) is 18.4 Å². The van der Waals surface area contributed by atoms with Crippen molar-refractivity contribution in [1.29, 1.82) is 0 Å². The predicted octanol–water partition coefficient (Wildman–Crippen LogP) is 3.26. The fourth-order valence-corrected chi connectivity index (χ4v) is 1.52. The van der Waals surface area contributed by atoms with Crippen LogP contribution in [0.1, 0.15) is 24.5 Å². The van der Waals surface area contributed by atoms with Crippen LogP contribution in [-0.4, -0.2) is 7.05 Å². The quantitative estimate of drug-likeness (QED) is 0.781. The first-order chi connectivity index (χ1) is 8.77. The van der Waals surface area contributed by atoms with Crippen molar-refractivity contribution in [1.82, 2.24) is 0 Å². The fraction of sp³-hybridized carbons (Fsp3) is 0.250. The summed E-state index contributed by atoms with van der Waals surface area (Å²) in [6, 6.07) is 8.35. The van der Waals surface area contributed by atoms with Gasteiger partial charge in [0.25, 0.3) is 0 Å². The van der Waals surface area contributed by atoms with Crippen LogP contribution < -0.4 is 11.5 Å². The Bertz CT molecular complexity index is 403. The molecule has 0 aliphatic carbocycles. The third-order valence-corrected chi connectivity index (χ3v) is 2.50. The first kappa shape index (κ1) is 16.2. The van der Waals surface area contributed by atoms with E-state index < -0.39 is 0 Å². The Kier molecular flexibility index (Phi) is 9.32. The van der Waals surface area contributed by atoms with Gasteiger partial charge < -0.3 is 11.5 Å². The molecule has 0 saturated heterocycles. The van der Waals surface area contributed by atoms with E-state index in [1.54, 1.807) is 6.20 Å². The lowest BCUT2D eigenvalue weighted by Crippen LogP contribution is -1.87. The third kappa shape index (κ3) is 6.06. The lowest BCUT2D eigenvalue weighted by molar-refractivity contribution is 0.996. The van der Waals surface area contributed by atoms with E-state index in [0.29, 0.717) is 0 Å². The molecular formula is C16H24N2. The average molecular weight is 244 g/mol. The van der Waals surface area contributed by atoms with Crippen LogP contribution >= 0.6 is 0 Å². The van der Waals surface area contributed by atoms with Crippen LogP contribution in [0.5, 0.6) is 0 Å². The summed E-state index contributed by atoms with van der Waals surface area (Å²) in [7, 11) is 1.50. The van der Waals surface area contributed by atoms with Gasteiger partial charge in [0.05, 0.1) is 0 Å². The SMILES string of the molecule is C=Cc1ccccc1CC/C=C\C(C)=C/N.CN. The standard InChI is InChI=1S/C15H19N.CH5N/c1-3-14-9-6-7-11-15(14)10-5-4-8-13(2)12-16;1-2/h3-4,6-9,11-12H,1,5,10,16H2,2H3;2H2,1H3/b8-4-,13-12-;. The highest BCUT2D eigenvalue weighted by molar-refractivity contribution is 5.51. The van der Waals surface area contributed by atoms with Crippen molar-refractivity contribution < 1.29 is 0 Å². The molecule has 2 nitrogen and oxygen atoms in total. The largest absolute Gasteiger partial charge is 0.404 e. The molecule has 0 radical (unpaired) electrons. The van der Waals surface area contributed by atoms with Crippen LogP contribution in [0.4, 0.5) is 0 Å². The Balaban J connectivity index is 0.00000137. The second-order valence-electron chi connectivity index (χ2n) is 3.75. The van der Waals surface area contributed by atoms with Crippen LogP contribution in [-0.2, 0) is 6.42 Å². The third-order valence-electron chi connectivity index (χ3n) is 2.50. The normalized spacial score (nSPS) is 10.9. The van der Waals surface area contributed by atoms with Crippen molar-refractivity contribution in [3.8, 4) is 0 Å². The zero-order valence-corrected chi connectivity index (χ0v) is 11.4. The first-order valence-corrected chi connectivity index (χ1v) is 6.11. The maximum Gasteiger partial charge on any atom is -0.00327 e. The summed E-state index contributed by atoms with van der Waals surface area (Å²) in [6.45, 7) is 5.81. The molecule has 0 aliphatic heterocycles. The van der Waals surface area contributed by atoms with Crippen molar-refractivity contribution in [3.05, 3.63) is 65.9 Å². The zero-order chi connectivity index (χ0) is 13.8. The molecule has 0 amide bonds. The lowest BCUT2D eigenvalue weighted by atomic mass is 10.0. The molecule has 0 aromatic heterocycles. The lowest BCUT2D eigenvalue weighted by Gasteiger charge is -2.03. The fourth-order valence-electron chi connectivity index (χ4n) is 1.52. The van der Waals surface area contributed by atoms with Gasteiger partial charge in [-0.3, -0.25) is 0 Å². The Morgan fingerprint density at radius 1 is 1.28 bits per heavy atom. The van der Waals surface area contributed by atoms with Gasteiger partial charge in [0, 0.05) is 0 Å². The minimum atomic E-state index is 1.02. The van der Waals surface area contributed by atoms with Gasteiger partial charge in [-0.15, -0.1) is 0 Å². The van der Waals surface area contributed by atoms with Crippen molar-refractivity contribution in [2.75, 3.05) is 7.05 Å². The van der Waals surface area contributed by atoms with Gasteiger partial charge in [0.1, 0.15) is 0 Å². The van der Waals surface area contributed by atoms with Gasteiger partial charge in [-0.05, 0) is 49.7 Å². The van der Waals surface area contributed by atoms with E-state index in [1.165, 1.54) is 18.2 Å². The number of hydrogen-bond donors (Lipinski definition) is 2. The molecule has 1 aromatic carbocycles. The summed E-state index contributed by atoms with van der Waals surface area (Å²) in [5, 5.41) is 0. The van der Waals surface area contributed by atoms with E-state index in [2.05, 4.69) is 42.7 Å². The number of nitrogens with two attached hydrogens (primary N) is 2. The van der Waals surface area contributed by atoms with Crippen LogP contribution in [0.2, 0.25) is 0 Å². The molecule has 0 spiro atoms. The average Bonchev–Trinajstić information content (AvgIpc) is 2.45. The van der Waals surface area contributed by atoms with Gasteiger partial charge in [-0.1, -0.05) is 49.1 Å². The van der Waals surface area contributed by atoms with E-state index in [9.17, 15) is 0 Å². The van der Waals surface area contributed by atoms with Crippen molar-refractivity contribution in [2.45, 2.75) is 19.8 Å². The summed E-state index contributed by atoms with van der Waals surface area (Å²) >= 11 is 0. The van der Waals surface area contributed by atoms with Crippen molar-refractivity contribution >= 4 is 6.08 Å². The van der Waals surface area contributed by atoms with Gasteiger partial charge in [0.15, 0.2) is 0 Å². The zero-order valence-electron chi connectivity index (χ0n) is 11.4. The molecule has 1 aromatic rings. The number of aryl methyl sites for hydroxylation is 1. The molecule has 0 unspecified atom stereocenters. The molecule has 0 aliphatic rings. The highest BCUT2D eigenvalue weighted by Gasteiger charge is 1.95. The predicted molar refractivity (Wildman–Crippen MR) is 82.0 cm³/mol. The summed E-state index contributed by atoms with van der Waals surface area (Å²) in [4.78, 5) is 0. The van der Waals surface area contributed by atoms with E-state index in [1.807, 2.05) is 19.1 Å². The van der Waals surface area contributed by atoms with Crippen LogP contribution in [0.3, 0.4) is 0 Å². The maximum absolute atomic E-state index is 5.38. The van der Waals surface area contributed by atoms with E-state index in [4.69, 9.17) is 5.73 Å². The summed E-state index contributed by atoms with van der Waals surface area (Å²) in [6.07, 6.45) is 9.79. The Morgan fingerprint density at radius 3 is 2.56 bits per heavy atom. The summed E-state index contributed by atoms with van der Waals surface area (Å²) in [5.74, 6) is 0. The van der Waals surface area contributed by atoms with E-state index in [-0.39, 0.29) is 0 Å². The minimum absolute atomic E-state index is 1.02. The molecule has 2 heteroatoms.